The van der Waals surface area contributed by atoms with Gasteiger partial charge < -0.3 is 14.2 Å². The topological polar surface area (TPSA) is 85.1 Å². The van der Waals surface area contributed by atoms with Gasteiger partial charge in [-0.25, -0.2) is 24.9 Å². The van der Waals surface area contributed by atoms with Crippen molar-refractivity contribution in [2.45, 2.75) is 38.0 Å². The molecule has 0 atom stereocenters. The first-order valence-electron chi connectivity index (χ1n) is 10.8. The third kappa shape index (κ3) is 5.74. The third-order valence-corrected chi connectivity index (χ3v) is 5.78. The smallest absolute Gasteiger partial charge is 0.383 e. The first kappa shape index (κ1) is 23.3. The van der Waals surface area contributed by atoms with Gasteiger partial charge in [-0.1, -0.05) is 0 Å². The molecule has 1 aliphatic rings. The third-order valence-electron chi connectivity index (χ3n) is 5.78. The highest BCUT2D eigenvalue weighted by molar-refractivity contribution is 5.83. The molecule has 0 aliphatic carbocycles. The second-order valence-corrected chi connectivity index (χ2v) is 8.28. The first-order valence-corrected chi connectivity index (χ1v) is 10.8. The maximum absolute atomic E-state index is 13.1. The molecule has 4 rings (SSSR count). The summed E-state index contributed by atoms with van der Waals surface area (Å²) in [7, 11) is 3.43. The predicted molar refractivity (Wildman–Crippen MR) is 116 cm³/mol. The Morgan fingerprint density at radius 3 is 2.55 bits per heavy atom. The summed E-state index contributed by atoms with van der Waals surface area (Å²) >= 11 is 0. The van der Waals surface area contributed by atoms with Gasteiger partial charge in [-0.2, -0.15) is 13.2 Å². The number of fused-ring (bicyclic) bond motifs is 1. The van der Waals surface area contributed by atoms with E-state index < -0.39 is 12.7 Å². The Bertz CT molecular complexity index is 1050. The molecule has 0 spiro atoms. The van der Waals surface area contributed by atoms with Crippen LogP contribution in [0.15, 0.2) is 25.0 Å². The lowest BCUT2D eigenvalue weighted by molar-refractivity contribution is -0.140. The molecule has 0 amide bonds. The number of likely N-dealkylation sites (N-methyl/N-ethyl adjacent to an activating group) is 1. The van der Waals surface area contributed by atoms with Gasteiger partial charge in [0, 0.05) is 51.1 Å². The van der Waals surface area contributed by atoms with Crippen molar-refractivity contribution in [3.8, 4) is 0 Å². The fourth-order valence-corrected chi connectivity index (χ4v) is 4.06. The van der Waals surface area contributed by atoms with Crippen LogP contribution in [0.5, 0.6) is 0 Å². The summed E-state index contributed by atoms with van der Waals surface area (Å²) in [4.78, 5) is 25.8. The second kappa shape index (κ2) is 9.96. The fraction of sp³-hybridized carbons (Fsp3) is 0.571. The highest BCUT2D eigenvalue weighted by Crippen LogP contribution is 2.31. The molecule has 3 aromatic heterocycles. The zero-order chi connectivity index (χ0) is 23.4. The molecule has 1 fully saturated rings. The summed E-state index contributed by atoms with van der Waals surface area (Å²) in [5.41, 5.74) is 1.62. The molecule has 0 unspecified atom stereocenters. The average Bonchev–Trinajstić information content (AvgIpc) is 3.19. The van der Waals surface area contributed by atoms with Crippen molar-refractivity contribution >= 4 is 17.0 Å². The quantitative estimate of drug-likeness (QED) is 0.503. The van der Waals surface area contributed by atoms with E-state index >= 15 is 0 Å². The molecule has 178 valence electrons. The first-order chi connectivity index (χ1) is 15.8. The van der Waals surface area contributed by atoms with Crippen molar-refractivity contribution in [2.24, 2.45) is 0 Å². The Labute approximate surface area is 189 Å². The lowest BCUT2D eigenvalue weighted by Gasteiger charge is -2.31. The maximum atomic E-state index is 13.1. The molecule has 1 saturated heterocycles. The normalized spacial score (nSPS) is 15.9. The van der Waals surface area contributed by atoms with E-state index in [0.717, 1.165) is 42.6 Å². The summed E-state index contributed by atoms with van der Waals surface area (Å²) < 4.78 is 45.6. The largest absolute Gasteiger partial charge is 0.406 e. The number of ether oxygens (including phenoxy) is 1. The number of aromatic nitrogens is 6. The van der Waals surface area contributed by atoms with Crippen molar-refractivity contribution in [3.05, 3.63) is 36.4 Å². The van der Waals surface area contributed by atoms with Crippen LogP contribution < -0.4 is 4.90 Å². The van der Waals surface area contributed by atoms with Crippen molar-refractivity contribution in [1.29, 1.82) is 0 Å². The molecule has 0 N–H and O–H groups in total. The van der Waals surface area contributed by atoms with Gasteiger partial charge in [-0.15, -0.1) is 0 Å². The van der Waals surface area contributed by atoms with Gasteiger partial charge >= 0.3 is 6.18 Å². The number of piperidine rings is 1. The summed E-state index contributed by atoms with van der Waals surface area (Å²) in [6, 6.07) is 0. The molecule has 9 nitrogen and oxygen atoms in total. The van der Waals surface area contributed by atoms with Gasteiger partial charge in [0.2, 0.25) is 0 Å². The summed E-state index contributed by atoms with van der Waals surface area (Å²) in [5, 5.41) is 0. The molecule has 3 aromatic rings. The highest BCUT2D eigenvalue weighted by atomic mass is 19.4. The van der Waals surface area contributed by atoms with Crippen molar-refractivity contribution < 1.29 is 17.9 Å². The molecular weight excluding hydrogens is 437 g/mol. The number of halogens is 3. The minimum absolute atomic E-state index is 0.0569. The zero-order valence-corrected chi connectivity index (χ0v) is 18.7. The molecule has 12 heteroatoms. The van der Waals surface area contributed by atoms with Gasteiger partial charge in [0.25, 0.3) is 0 Å². The Balaban J connectivity index is 1.58. The highest BCUT2D eigenvalue weighted by Gasteiger charge is 2.31. The number of likely N-dealkylation sites (tertiary alicyclic amines) is 1. The number of imidazole rings is 1. The Morgan fingerprint density at radius 1 is 1.15 bits per heavy atom. The van der Waals surface area contributed by atoms with Crippen LogP contribution in [0.3, 0.4) is 0 Å². The Hall–Kier alpha value is -2.86. The van der Waals surface area contributed by atoms with Gasteiger partial charge in [0.1, 0.15) is 18.7 Å². The van der Waals surface area contributed by atoms with Crippen LogP contribution in [0.25, 0.3) is 11.2 Å². The van der Waals surface area contributed by atoms with Gasteiger partial charge in [-0.3, -0.25) is 4.90 Å². The van der Waals surface area contributed by atoms with E-state index in [1.807, 2.05) is 11.9 Å². The minimum atomic E-state index is -4.37. The fourth-order valence-electron chi connectivity index (χ4n) is 4.06. The van der Waals surface area contributed by atoms with E-state index in [9.17, 15) is 13.2 Å². The van der Waals surface area contributed by atoms with Crippen LogP contribution in [0.1, 0.15) is 30.1 Å². The van der Waals surface area contributed by atoms with Crippen LogP contribution in [0.4, 0.5) is 19.0 Å². The van der Waals surface area contributed by atoms with E-state index in [-0.39, 0.29) is 11.6 Å². The Morgan fingerprint density at radius 2 is 1.88 bits per heavy atom. The monoisotopic (exact) mass is 464 g/mol. The van der Waals surface area contributed by atoms with Gasteiger partial charge in [-0.05, 0) is 25.9 Å². The van der Waals surface area contributed by atoms with E-state index in [2.05, 4.69) is 24.8 Å². The van der Waals surface area contributed by atoms with Gasteiger partial charge in [0.15, 0.2) is 17.0 Å². The summed E-state index contributed by atoms with van der Waals surface area (Å²) in [6.45, 7) is 2.28. The number of nitrogens with zero attached hydrogens (tertiary/aromatic N) is 8. The van der Waals surface area contributed by atoms with Crippen LogP contribution >= 0.6 is 0 Å². The number of alkyl halides is 3. The van der Waals surface area contributed by atoms with Crippen molar-refractivity contribution in [1.82, 2.24) is 34.4 Å². The number of methoxy groups -OCH3 is 1. The van der Waals surface area contributed by atoms with Crippen molar-refractivity contribution in [3.63, 3.8) is 0 Å². The average molecular weight is 464 g/mol. The van der Waals surface area contributed by atoms with E-state index in [1.54, 1.807) is 19.5 Å². The molecule has 1 aliphatic heterocycles. The van der Waals surface area contributed by atoms with E-state index in [1.165, 1.54) is 12.7 Å². The van der Waals surface area contributed by atoms with Crippen LogP contribution in [0, 0.1) is 0 Å². The second-order valence-electron chi connectivity index (χ2n) is 8.28. The summed E-state index contributed by atoms with van der Waals surface area (Å²) in [5.74, 6) is 1.15. The molecular formula is C21H27F3N8O. The number of hydrogen-bond donors (Lipinski definition) is 0. The van der Waals surface area contributed by atoms with Crippen LogP contribution in [-0.2, 0) is 17.8 Å². The Kier molecular flexibility index (Phi) is 7.03. The van der Waals surface area contributed by atoms with E-state index in [0.29, 0.717) is 30.3 Å². The summed E-state index contributed by atoms with van der Waals surface area (Å²) in [6.07, 6.45) is 3.57. The van der Waals surface area contributed by atoms with E-state index in [4.69, 9.17) is 9.72 Å². The SMILES string of the molecule is COCCN(C)c1nc(C2CCN(Cc3cncnc3)CC2)nc2c1ncn2CC(F)(F)F. The molecule has 33 heavy (non-hydrogen) atoms. The number of hydrogen-bond acceptors (Lipinski definition) is 8. The number of anilines is 1. The zero-order valence-electron chi connectivity index (χ0n) is 18.7. The van der Waals surface area contributed by atoms with Crippen LogP contribution in [-0.4, -0.2) is 81.0 Å². The molecule has 4 heterocycles. The molecule has 0 radical (unpaired) electrons. The lowest BCUT2D eigenvalue weighted by Crippen LogP contribution is -2.33. The van der Waals surface area contributed by atoms with Crippen molar-refractivity contribution in [2.75, 3.05) is 45.3 Å². The number of rotatable bonds is 8. The minimum Gasteiger partial charge on any atom is -0.383 e. The lowest BCUT2D eigenvalue weighted by atomic mass is 9.95. The molecule has 0 bridgehead atoms. The maximum Gasteiger partial charge on any atom is 0.406 e. The molecule has 0 aromatic carbocycles. The van der Waals surface area contributed by atoms with Gasteiger partial charge in [0.05, 0.1) is 12.9 Å². The predicted octanol–water partition coefficient (Wildman–Crippen LogP) is 2.64. The molecule has 0 saturated carbocycles. The standard InChI is InChI=1S/C21H27F3N8O/c1-30(7-8-33-2)19-17-20(32(14-27-17)12-21(22,23)24)29-18(28-19)16-3-5-31(6-4-16)11-15-9-25-13-26-10-15/h9-10,13-14,16H,3-8,11-12H2,1-2H3. The van der Waals surface area contributed by atoms with Crippen LogP contribution in [0.2, 0.25) is 0 Å².